The Labute approximate surface area is 116 Å². The van der Waals surface area contributed by atoms with Crippen LogP contribution in [0, 0.1) is 0 Å². The number of likely N-dealkylation sites (N-methyl/N-ethyl adjacent to an activating group) is 1. The van der Waals surface area contributed by atoms with E-state index in [4.69, 9.17) is 0 Å². The summed E-state index contributed by atoms with van der Waals surface area (Å²) in [6, 6.07) is -0.0445. The largest absolute Gasteiger partial charge is 0.342 e. The van der Waals surface area contributed by atoms with Crippen molar-refractivity contribution >= 4 is 15.9 Å². The zero-order valence-electron chi connectivity index (χ0n) is 12.1. The van der Waals surface area contributed by atoms with E-state index in [1.54, 1.807) is 4.90 Å². The van der Waals surface area contributed by atoms with Crippen molar-refractivity contribution in [3.05, 3.63) is 0 Å². The van der Waals surface area contributed by atoms with Gasteiger partial charge in [0.2, 0.25) is 15.9 Å². The number of nitrogens with one attached hydrogen (secondary N) is 1. The van der Waals surface area contributed by atoms with E-state index in [0.29, 0.717) is 19.6 Å². The molecule has 1 N–H and O–H groups in total. The van der Waals surface area contributed by atoms with Gasteiger partial charge < -0.3 is 4.90 Å². The minimum atomic E-state index is -3.22. The van der Waals surface area contributed by atoms with Crippen LogP contribution >= 0.6 is 0 Å². The average molecular weight is 291 g/mol. The summed E-state index contributed by atoms with van der Waals surface area (Å²) in [5.41, 5.74) is 0. The van der Waals surface area contributed by atoms with Gasteiger partial charge >= 0.3 is 0 Å². The maximum absolute atomic E-state index is 12.1. The van der Waals surface area contributed by atoms with Crippen molar-refractivity contribution in [2.75, 3.05) is 39.0 Å². The molecule has 0 aromatic carbocycles. The summed E-state index contributed by atoms with van der Waals surface area (Å²) >= 11 is 0. The van der Waals surface area contributed by atoms with Crippen LogP contribution in [0.15, 0.2) is 0 Å². The Hall–Kier alpha value is -0.660. The molecule has 7 heteroatoms. The van der Waals surface area contributed by atoms with Gasteiger partial charge in [-0.2, -0.15) is 0 Å². The Kier molecular flexibility index (Phi) is 6.22. The van der Waals surface area contributed by atoms with Gasteiger partial charge in [0, 0.05) is 19.1 Å². The molecule has 1 saturated heterocycles. The summed E-state index contributed by atoms with van der Waals surface area (Å²) in [7, 11) is -1.79. The fourth-order valence-corrected chi connectivity index (χ4v) is 3.53. The minimum Gasteiger partial charge on any atom is -0.342 e. The monoisotopic (exact) mass is 291 g/mol. The fourth-order valence-electron chi connectivity index (χ4n) is 2.48. The van der Waals surface area contributed by atoms with Crippen LogP contribution in [0.3, 0.4) is 0 Å². The Morgan fingerprint density at radius 3 is 2.53 bits per heavy atom. The van der Waals surface area contributed by atoms with Gasteiger partial charge in [0.05, 0.1) is 12.3 Å². The standard InChI is InChI=1S/C12H25N3O3S/c1-4-14(5-2)12(16)9-15-8-6-7-11(15)10-19(17,18)13-3/h11,13H,4-10H2,1-3H3. The summed E-state index contributed by atoms with van der Waals surface area (Å²) in [6.07, 6.45) is 1.79. The molecule has 1 heterocycles. The second-order valence-corrected chi connectivity index (χ2v) is 6.79. The molecule has 0 saturated carbocycles. The Morgan fingerprint density at radius 2 is 2.00 bits per heavy atom. The molecule has 1 rings (SSSR count). The van der Waals surface area contributed by atoms with Crippen molar-refractivity contribution in [3.8, 4) is 0 Å². The molecule has 1 atom stereocenters. The molecule has 112 valence electrons. The van der Waals surface area contributed by atoms with E-state index in [1.807, 2.05) is 18.7 Å². The normalized spacial score (nSPS) is 20.7. The lowest BCUT2D eigenvalue weighted by atomic mass is 10.2. The van der Waals surface area contributed by atoms with Gasteiger partial charge in [0.1, 0.15) is 0 Å². The van der Waals surface area contributed by atoms with Crippen LogP contribution in [0.1, 0.15) is 26.7 Å². The lowest BCUT2D eigenvalue weighted by Gasteiger charge is -2.27. The number of carbonyl (C=O) groups is 1. The molecule has 0 aromatic heterocycles. The van der Waals surface area contributed by atoms with Crippen LogP contribution in [-0.4, -0.2) is 69.1 Å². The second-order valence-electron chi connectivity index (χ2n) is 4.82. The van der Waals surface area contributed by atoms with Crippen molar-refractivity contribution in [2.24, 2.45) is 0 Å². The van der Waals surface area contributed by atoms with E-state index < -0.39 is 10.0 Å². The SMILES string of the molecule is CCN(CC)C(=O)CN1CCCC1CS(=O)(=O)NC. The zero-order chi connectivity index (χ0) is 14.5. The second kappa shape index (κ2) is 7.21. The van der Waals surface area contributed by atoms with Gasteiger partial charge in [0.25, 0.3) is 0 Å². The van der Waals surface area contributed by atoms with Crippen LogP contribution < -0.4 is 4.72 Å². The summed E-state index contributed by atoms with van der Waals surface area (Å²) in [6.45, 7) is 6.43. The molecular formula is C12H25N3O3S. The summed E-state index contributed by atoms with van der Waals surface area (Å²) in [5, 5.41) is 0. The average Bonchev–Trinajstić information content (AvgIpc) is 2.77. The number of sulfonamides is 1. The quantitative estimate of drug-likeness (QED) is 0.709. The van der Waals surface area contributed by atoms with E-state index in [-0.39, 0.29) is 17.7 Å². The summed E-state index contributed by atoms with van der Waals surface area (Å²) < 4.78 is 25.5. The Bertz CT molecular complexity index is 393. The lowest BCUT2D eigenvalue weighted by molar-refractivity contribution is -0.132. The highest BCUT2D eigenvalue weighted by Crippen LogP contribution is 2.18. The van der Waals surface area contributed by atoms with Crippen molar-refractivity contribution in [1.82, 2.24) is 14.5 Å². The third kappa shape index (κ3) is 4.74. The van der Waals surface area contributed by atoms with Crippen molar-refractivity contribution in [2.45, 2.75) is 32.7 Å². The molecule has 0 bridgehead atoms. The van der Waals surface area contributed by atoms with E-state index in [2.05, 4.69) is 4.72 Å². The molecule has 1 unspecified atom stereocenters. The van der Waals surface area contributed by atoms with E-state index in [1.165, 1.54) is 7.05 Å². The third-order valence-electron chi connectivity index (χ3n) is 3.68. The number of carbonyl (C=O) groups excluding carboxylic acids is 1. The first-order valence-corrected chi connectivity index (χ1v) is 8.51. The van der Waals surface area contributed by atoms with Crippen LogP contribution in [0.2, 0.25) is 0 Å². The Morgan fingerprint density at radius 1 is 1.37 bits per heavy atom. The summed E-state index contributed by atoms with van der Waals surface area (Å²) in [5.74, 6) is 0.161. The molecule has 19 heavy (non-hydrogen) atoms. The van der Waals surface area contributed by atoms with Gasteiger partial charge in [0.15, 0.2) is 0 Å². The first-order chi connectivity index (χ1) is 8.93. The number of rotatable bonds is 7. The van der Waals surface area contributed by atoms with Crippen molar-refractivity contribution < 1.29 is 13.2 Å². The Balaban J connectivity index is 2.60. The zero-order valence-corrected chi connectivity index (χ0v) is 12.9. The highest BCUT2D eigenvalue weighted by atomic mass is 32.2. The maximum atomic E-state index is 12.1. The number of amides is 1. The van der Waals surface area contributed by atoms with E-state index in [9.17, 15) is 13.2 Å². The van der Waals surface area contributed by atoms with Gasteiger partial charge in [-0.25, -0.2) is 13.1 Å². The third-order valence-corrected chi connectivity index (χ3v) is 5.12. The molecule has 1 aliphatic heterocycles. The van der Waals surface area contributed by atoms with Crippen molar-refractivity contribution in [1.29, 1.82) is 0 Å². The van der Waals surface area contributed by atoms with Crippen LogP contribution in [-0.2, 0) is 14.8 Å². The molecule has 1 amide bonds. The maximum Gasteiger partial charge on any atom is 0.236 e. The number of likely N-dealkylation sites (tertiary alicyclic amines) is 1. The minimum absolute atomic E-state index is 0.0445. The van der Waals surface area contributed by atoms with Crippen LogP contribution in [0.25, 0.3) is 0 Å². The predicted octanol–water partition coefficient (Wildman–Crippen LogP) is -0.132. The highest BCUT2D eigenvalue weighted by molar-refractivity contribution is 7.89. The van der Waals surface area contributed by atoms with Crippen molar-refractivity contribution in [3.63, 3.8) is 0 Å². The molecular weight excluding hydrogens is 266 g/mol. The topological polar surface area (TPSA) is 69.7 Å². The smallest absolute Gasteiger partial charge is 0.236 e. The van der Waals surface area contributed by atoms with E-state index >= 15 is 0 Å². The lowest BCUT2D eigenvalue weighted by Crippen LogP contribution is -2.45. The summed E-state index contributed by atoms with van der Waals surface area (Å²) in [4.78, 5) is 15.8. The molecule has 0 spiro atoms. The van der Waals surface area contributed by atoms with Gasteiger partial charge in [-0.1, -0.05) is 0 Å². The van der Waals surface area contributed by atoms with Crippen LogP contribution in [0.4, 0.5) is 0 Å². The number of hydrogen-bond donors (Lipinski definition) is 1. The molecule has 0 aliphatic carbocycles. The molecule has 1 fully saturated rings. The van der Waals surface area contributed by atoms with Gasteiger partial charge in [-0.3, -0.25) is 9.69 Å². The molecule has 0 radical (unpaired) electrons. The van der Waals surface area contributed by atoms with E-state index in [0.717, 1.165) is 19.4 Å². The first-order valence-electron chi connectivity index (χ1n) is 6.86. The fraction of sp³-hybridized carbons (Fsp3) is 0.917. The number of hydrogen-bond acceptors (Lipinski definition) is 4. The van der Waals surface area contributed by atoms with Gasteiger partial charge in [-0.05, 0) is 40.3 Å². The highest BCUT2D eigenvalue weighted by Gasteiger charge is 2.30. The number of nitrogens with zero attached hydrogens (tertiary/aromatic N) is 2. The molecule has 0 aromatic rings. The first kappa shape index (κ1) is 16.4. The van der Waals surface area contributed by atoms with Crippen LogP contribution in [0.5, 0.6) is 0 Å². The molecule has 6 nitrogen and oxygen atoms in total. The van der Waals surface area contributed by atoms with Gasteiger partial charge in [-0.15, -0.1) is 0 Å². The predicted molar refractivity (Wildman–Crippen MR) is 75.4 cm³/mol. The molecule has 1 aliphatic rings.